The standard InChI is InChI=1S/C19H19FN4O2/c1-2-16(24-9-4-8-21-24)19(25)23-10-7-17-15(12-23)18(22-26-17)13-5-3-6-14(20)11-13/h3-6,8-9,11,16H,2,7,10,12H2,1H3/t16-/m0/s1. The van der Waals surface area contributed by atoms with Crippen LogP contribution >= 0.6 is 0 Å². The number of fused-ring (bicyclic) bond motifs is 1. The highest BCUT2D eigenvalue weighted by atomic mass is 19.1. The Morgan fingerprint density at radius 2 is 2.27 bits per heavy atom. The number of aromatic nitrogens is 3. The zero-order chi connectivity index (χ0) is 18.1. The normalized spacial score (nSPS) is 14.9. The van der Waals surface area contributed by atoms with Crippen molar-refractivity contribution in [3.05, 3.63) is 59.9 Å². The summed E-state index contributed by atoms with van der Waals surface area (Å²) in [5.41, 5.74) is 2.11. The molecule has 0 N–H and O–H groups in total. The molecule has 0 bridgehead atoms. The molecule has 1 atom stereocenters. The van der Waals surface area contributed by atoms with E-state index in [1.807, 2.05) is 13.0 Å². The third-order valence-electron chi connectivity index (χ3n) is 4.75. The minimum atomic E-state index is -0.330. The van der Waals surface area contributed by atoms with Gasteiger partial charge in [-0.1, -0.05) is 24.2 Å². The summed E-state index contributed by atoms with van der Waals surface area (Å²) in [5, 5.41) is 8.33. The van der Waals surface area contributed by atoms with Crippen LogP contribution in [0.3, 0.4) is 0 Å². The quantitative estimate of drug-likeness (QED) is 0.722. The average molecular weight is 354 g/mol. The van der Waals surface area contributed by atoms with Crippen molar-refractivity contribution in [2.45, 2.75) is 32.4 Å². The Kier molecular flexibility index (Phi) is 4.28. The van der Waals surface area contributed by atoms with Gasteiger partial charge in [0, 0.05) is 36.5 Å². The molecule has 3 heterocycles. The van der Waals surface area contributed by atoms with E-state index in [1.54, 1.807) is 34.1 Å². The van der Waals surface area contributed by atoms with Crippen LogP contribution < -0.4 is 0 Å². The Bertz CT molecular complexity index is 920. The van der Waals surface area contributed by atoms with Gasteiger partial charge in [-0.2, -0.15) is 5.10 Å². The summed E-state index contributed by atoms with van der Waals surface area (Å²) in [5.74, 6) is 0.460. The van der Waals surface area contributed by atoms with E-state index in [2.05, 4.69) is 10.3 Å². The van der Waals surface area contributed by atoms with Crippen molar-refractivity contribution in [3.63, 3.8) is 0 Å². The predicted octanol–water partition coefficient (Wildman–Crippen LogP) is 3.21. The lowest BCUT2D eigenvalue weighted by Gasteiger charge is -2.29. The number of carbonyl (C=O) groups excluding carboxylic acids is 1. The van der Waals surface area contributed by atoms with Crippen LogP contribution in [-0.4, -0.2) is 32.3 Å². The lowest BCUT2D eigenvalue weighted by molar-refractivity contribution is -0.136. The van der Waals surface area contributed by atoms with Gasteiger partial charge in [-0.15, -0.1) is 0 Å². The van der Waals surface area contributed by atoms with Crippen molar-refractivity contribution in [1.82, 2.24) is 19.8 Å². The lowest BCUT2D eigenvalue weighted by atomic mass is 10.0. The van der Waals surface area contributed by atoms with E-state index >= 15 is 0 Å². The zero-order valence-electron chi connectivity index (χ0n) is 14.4. The maximum atomic E-state index is 13.6. The van der Waals surface area contributed by atoms with E-state index in [0.717, 1.165) is 11.3 Å². The van der Waals surface area contributed by atoms with Crippen LogP contribution in [0, 0.1) is 5.82 Å². The molecule has 0 fully saturated rings. The first-order valence-electron chi connectivity index (χ1n) is 8.68. The van der Waals surface area contributed by atoms with E-state index in [9.17, 15) is 9.18 Å². The molecule has 2 aromatic heterocycles. The number of nitrogens with zero attached hydrogens (tertiary/aromatic N) is 4. The zero-order valence-corrected chi connectivity index (χ0v) is 14.4. The summed E-state index contributed by atoms with van der Waals surface area (Å²) in [6.45, 7) is 2.94. The SMILES string of the molecule is CC[C@@H](C(=O)N1CCc2onc(-c3cccc(F)c3)c2C1)n1cccn1. The molecule has 3 aromatic rings. The van der Waals surface area contributed by atoms with Gasteiger partial charge in [0.15, 0.2) is 0 Å². The first-order chi connectivity index (χ1) is 12.7. The molecule has 0 saturated heterocycles. The molecular weight excluding hydrogens is 335 g/mol. The van der Waals surface area contributed by atoms with Crippen LogP contribution in [0.25, 0.3) is 11.3 Å². The van der Waals surface area contributed by atoms with Crippen LogP contribution in [0.4, 0.5) is 4.39 Å². The van der Waals surface area contributed by atoms with Gasteiger partial charge in [0.25, 0.3) is 0 Å². The van der Waals surface area contributed by atoms with Crippen LogP contribution in [0.5, 0.6) is 0 Å². The van der Waals surface area contributed by atoms with Gasteiger partial charge in [-0.25, -0.2) is 4.39 Å². The Morgan fingerprint density at radius 3 is 3.00 bits per heavy atom. The maximum absolute atomic E-state index is 13.6. The molecule has 0 saturated carbocycles. The van der Waals surface area contributed by atoms with Crippen LogP contribution in [0.15, 0.2) is 47.2 Å². The van der Waals surface area contributed by atoms with Gasteiger partial charge in [0.1, 0.15) is 23.3 Å². The number of benzene rings is 1. The highest BCUT2D eigenvalue weighted by molar-refractivity contribution is 5.81. The van der Waals surface area contributed by atoms with Crippen molar-refractivity contribution < 1.29 is 13.7 Å². The molecule has 0 spiro atoms. The topological polar surface area (TPSA) is 64.2 Å². The Labute approximate surface area is 150 Å². The van der Waals surface area contributed by atoms with Crippen molar-refractivity contribution >= 4 is 5.91 Å². The first kappa shape index (κ1) is 16.5. The molecule has 0 aliphatic carbocycles. The number of hydrogen-bond donors (Lipinski definition) is 0. The molecule has 1 amide bonds. The molecule has 6 nitrogen and oxygen atoms in total. The maximum Gasteiger partial charge on any atom is 0.247 e. The fourth-order valence-electron chi connectivity index (χ4n) is 3.41. The predicted molar refractivity (Wildman–Crippen MR) is 92.6 cm³/mol. The summed E-state index contributed by atoms with van der Waals surface area (Å²) in [7, 11) is 0. The molecule has 0 radical (unpaired) electrons. The van der Waals surface area contributed by atoms with Crippen LogP contribution in [0.2, 0.25) is 0 Å². The molecule has 26 heavy (non-hydrogen) atoms. The molecule has 0 unspecified atom stereocenters. The molecule has 1 aromatic carbocycles. The smallest absolute Gasteiger partial charge is 0.247 e. The lowest BCUT2D eigenvalue weighted by Crippen LogP contribution is -2.40. The number of carbonyl (C=O) groups is 1. The van der Waals surface area contributed by atoms with E-state index < -0.39 is 0 Å². The van der Waals surface area contributed by atoms with Crippen molar-refractivity contribution in [2.75, 3.05) is 6.54 Å². The van der Waals surface area contributed by atoms with Gasteiger partial charge in [-0.05, 0) is 24.6 Å². The summed E-state index contributed by atoms with van der Waals surface area (Å²) >= 11 is 0. The molecule has 1 aliphatic heterocycles. The largest absolute Gasteiger partial charge is 0.360 e. The fourth-order valence-corrected chi connectivity index (χ4v) is 3.41. The number of rotatable bonds is 4. The van der Waals surface area contributed by atoms with Gasteiger partial charge in [0.2, 0.25) is 5.91 Å². The summed E-state index contributed by atoms with van der Waals surface area (Å²) < 4.78 is 20.7. The van der Waals surface area contributed by atoms with Gasteiger partial charge in [-0.3, -0.25) is 9.48 Å². The summed E-state index contributed by atoms with van der Waals surface area (Å²) in [6, 6.07) is 7.73. The molecule has 1 aliphatic rings. The van der Waals surface area contributed by atoms with Crippen molar-refractivity contribution in [3.8, 4) is 11.3 Å². The summed E-state index contributed by atoms with van der Waals surface area (Å²) in [6.07, 6.45) is 4.73. The minimum absolute atomic E-state index is 0.0215. The highest BCUT2D eigenvalue weighted by Crippen LogP contribution is 2.31. The van der Waals surface area contributed by atoms with Crippen LogP contribution in [0.1, 0.15) is 30.7 Å². The van der Waals surface area contributed by atoms with E-state index in [-0.39, 0.29) is 17.8 Å². The van der Waals surface area contributed by atoms with E-state index in [0.29, 0.717) is 37.2 Å². The van der Waals surface area contributed by atoms with Gasteiger partial charge in [0.05, 0.1) is 6.54 Å². The average Bonchev–Trinajstić information content (AvgIpc) is 3.31. The first-order valence-corrected chi connectivity index (χ1v) is 8.68. The van der Waals surface area contributed by atoms with E-state index in [1.165, 1.54) is 12.1 Å². The number of halogens is 1. The minimum Gasteiger partial charge on any atom is -0.360 e. The fraction of sp³-hybridized carbons (Fsp3) is 0.316. The van der Waals surface area contributed by atoms with Crippen molar-refractivity contribution in [2.24, 2.45) is 0 Å². The van der Waals surface area contributed by atoms with Crippen LogP contribution in [-0.2, 0) is 17.8 Å². The second-order valence-corrected chi connectivity index (χ2v) is 6.36. The molecule has 134 valence electrons. The van der Waals surface area contributed by atoms with E-state index in [4.69, 9.17) is 4.52 Å². The molecule has 4 rings (SSSR count). The molecule has 7 heteroatoms. The Balaban J connectivity index is 1.61. The van der Waals surface area contributed by atoms with Gasteiger partial charge >= 0.3 is 0 Å². The Morgan fingerprint density at radius 1 is 1.38 bits per heavy atom. The van der Waals surface area contributed by atoms with Crippen molar-refractivity contribution in [1.29, 1.82) is 0 Å². The monoisotopic (exact) mass is 354 g/mol. The molecular formula is C19H19FN4O2. The highest BCUT2D eigenvalue weighted by Gasteiger charge is 2.31. The third kappa shape index (κ3) is 2.89. The summed E-state index contributed by atoms with van der Waals surface area (Å²) in [4.78, 5) is 14.8. The van der Waals surface area contributed by atoms with Gasteiger partial charge < -0.3 is 9.42 Å². The third-order valence-corrected chi connectivity index (χ3v) is 4.75. The second kappa shape index (κ2) is 6.74. The number of hydrogen-bond acceptors (Lipinski definition) is 4. The Hall–Kier alpha value is -2.96. The number of amides is 1. The second-order valence-electron chi connectivity index (χ2n) is 6.36.